The molecule has 0 saturated heterocycles. The summed E-state index contributed by atoms with van der Waals surface area (Å²) >= 11 is 0.670. The molecule has 0 radical (unpaired) electrons. The van der Waals surface area contributed by atoms with Crippen LogP contribution in [0.25, 0.3) is 0 Å². The lowest BCUT2D eigenvalue weighted by Crippen LogP contribution is -2.35. The fraction of sp³-hybridized carbons (Fsp3) is 0.500. The average molecular weight is 334 g/mol. The van der Waals surface area contributed by atoms with Crippen molar-refractivity contribution in [3.8, 4) is 0 Å². The van der Waals surface area contributed by atoms with Crippen molar-refractivity contribution < 1.29 is 23.1 Å². The SMILES string of the molecule is CCC(C)NC(=O)CCNS(=O)(=O)c1ccc(C(=O)O)s1. The molecule has 0 aromatic carbocycles. The molecule has 3 N–H and O–H groups in total. The van der Waals surface area contributed by atoms with Gasteiger partial charge in [-0.25, -0.2) is 17.9 Å². The molecule has 1 aromatic rings. The normalized spacial score (nSPS) is 12.9. The zero-order chi connectivity index (χ0) is 16.0. The highest BCUT2D eigenvalue weighted by molar-refractivity contribution is 7.91. The van der Waals surface area contributed by atoms with Crippen molar-refractivity contribution in [2.24, 2.45) is 0 Å². The van der Waals surface area contributed by atoms with Crippen LogP contribution in [-0.2, 0) is 14.8 Å². The fourth-order valence-corrected chi connectivity index (χ4v) is 3.62. The van der Waals surface area contributed by atoms with Crippen molar-refractivity contribution in [3.05, 3.63) is 17.0 Å². The maximum Gasteiger partial charge on any atom is 0.345 e. The molecule has 1 amide bonds. The lowest BCUT2D eigenvalue weighted by molar-refractivity contribution is -0.121. The first-order chi connectivity index (χ1) is 9.76. The minimum atomic E-state index is -3.78. The highest BCUT2D eigenvalue weighted by atomic mass is 32.2. The number of nitrogens with one attached hydrogen (secondary N) is 2. The quantitative estimate of drug-likeness (QED) is 0.657. The Hall–Kier alpha value is -1.45. The Morgan fingerprint density at radius 1 is 1.38 bits per heavy atom. The van der Waals surface area contributed by atoms with Gasteiger partial charge < -0.3 is 10.4 Å². The molecule has 0 aliphatic carbocycles. The third-order valence-electron chi connectivity index (χ3n) is 2.72. The van der Waals surface area contributed by atoms with Gasteiger partial charge in [-0.3, -0.25) is 4.79 Å². The molecule has 0 fully saturated rings. The van der Waals surface area contributed by atoms with Gasteiger partial charge in [0.25, 0.3) is 0 Å². The molecule has 0 spiro atoms. The monoisotopic (exact) mass is 334 g/mol. The number of carbonyl (C=O) groups excluding carboxylic acids is 1. The summed E-state index contributed by atoms with van der Waals surface area (Å²) in [6, 6.07) is 2.51. The Labute approximate surface area is 127 Å². The number of carboxylic acids is 1. The van der Waals surface area contributed by atoms with E-state index in [0.717, 1.165) is 6.42 Å². The van der Waals surface area contributed by atoms with E-state index in [2.05, 4.69) is 10.0 Å². The van der Waals surface area contributed by atoms with Gasteiger partial charge >= 0.3 is 5.97 Å². The number of amides is 1. The van der Waals surface area contributed by atoms with Crippen molar-refractivity contribution in [3.63, 3.8) is 0 Å². The van der Waals surface area contributed by atoms with Gasteiger partial charge in [-0.1, -0.05) is 6.92 Å². The summed E-state index contributed by atoms with van der Waals surface area (Å²) < 4.78 is 26.0. The molecular formula is C12H18N2O5S2. The van der Waals surface area contributed by atoms with Gasteiger partial charge in [-0.05, 0) is 25.5 Å². The minimum absolute atomic E-state index is 0.0285. The van der Waals surface area contributed by atoms with E-state index in [1.165, 1.54) is 12.1 Å². The molecule has 1 rings (SSSR count). The van der Waals surface area contributed by atoms with Crippen molar-refractivity contribution in [2.45, 2.75) is 36.9 Å². The molecular weight excluding hydrogens is 316 g/mol. The number of carbonyl (C=O) groups is 2. The van der Waals surface area contributed by atoms with Gasteiger partial charge in [0.15, 0.2) is 0 Å². The largest absolute Gasteiger partial charge is 0.477 e. The van der Waals surface area contributed by atoms with E-state index in [0.29, 0.717) is 11.3 Å². The van der Waals surface area contributed by atoms with E-state index < -0.39 is 16.0 Å². The number of sulfonamides is 1. The average Bonchev–Trinajstić information content (AvgIpc) is 2.88. The van der Waals surface area contributed by atoms with Crippen LogP contribution in [-0.4, -0.2) is 38.0 Å². The maximum absolute atomic E-state index is 11.9. The van der Waals surface area contributed by atoms with Crippen molar-refractivity contribution in [1.82, 2.24) is 10.0 Å². The van der Waals surface area contributed by atoms with Crippen LogP contribution in [0.5, 0.6) is 0 Å². The van der Waals surface area contributed by atoms with Crippen LogP contribution in [0.4, 0.5) is 0 Å². The highest BCUT2D eigenvalue weighted by Gasteiger charge is 2.19. The summed E-state index contributed by atoms with van der Waals surface area (Å²) in [5.41, 5.74) is 0. The topological polar surface area (TPSA) is 113 Å². The van der Waals surface area contributed by atoms with Gasteiger partial charge in [0.1, 0.15) is 9.09 Å². The first-order valence-corrected chi connectivity index (χ1v) is 8.68. The third-order valence-corrected chi connectivity index (χ3v) is 5.75. The molecule has 0 bridgehead atoms. The molecule has 21 heavy (non-hydrogen) atoms. The van der Waals surface area contributed by atoms with Gasteiger partial charge in [-0.2, -0.15) is 0 Å². The van der Waals surface area contributed by atoms with E-state index in [-0.39, 0.29) is 34.0 Å². The van der Waals surface area contributed by atoms with Gasteiger partial charge in [-0.15, -0.1) is 11.3 Å². The minimum Gasteiger partial charge on any atom is -0.477 e. The molecule has 118 valence electrons. The van der Waals surface area contributed by atoms with E-state index in [4.69, 9.17) is 5.11 Å². The number of hydrogen-bond acceptors (Lipinski definition) is 5. The predicted octanol–water partition coefficient (Wildman–Crippen LogP) is 1.03. The third kappa shape index (κ3) is 5.44. The maximum atomic E-state index is 11.9. The Morgan fingerprint density at radius 2 is 2.05 bits per heavy atom. The second-order valence-corrected chi connectivity index (χ2v) is 7.53. The molecule has 9 heteroatoms. The van der Waals surface area contributed by atoms with Crippen LogP contribution in [0, 0.1) is 0 Å². The van der Waals surface area contributed by atoms with Crippen LogP contribution in [0.2, 0.25) is 0 Å². The molecule has 1 atom stereocenters. The van der Waals surface area contributed by atoms with Crippen LogP contribution in [0.15, 0.2) is 16.3 Å². The zero-order valence-corrected chi connectivity index (χ0v) is 13.4. The fourth-order valence-electron chi connectivity index (χ4n) is 1.40. The summed E-state index contributed by atoms with van der Waals surface area (Å²) in [7, 11) is -3.78. The molecule has 7 nitrogen and oxygen atoms in total. The Kier molecular flexibility index (Phi) is 6.31. The van der Waals surface area contributed by atoms with E-state index in [9.17, 15) is 18.0 Å². The number of carboxylic acid groups (broad SMARTS) is 1. The summed E-state index contributed by atoms with van der Waals surface area (Å²) in [6.45, 7) is 3.76. The molecule has 1 unspecified atom stereocenters. The van der Waals surface area contributed by atoms with Crippen molar-refractivity contribution in [1.29, 1.82) is 0 Å². The standard InChI is InChI=1S/C12H18N2O5S2/c1-3-8(2)14-10(15)6-7-13-21(18,19)11-5-4-9(20-11)12(16)17/h4-5,8,13H,3,6-7H2,1-2H3,(H,14,15)(H,16,17). The Morgan fingerprint density at radius 3 is 2.57 bits per heavy atom. The van der Waals surface area contributed by atoms with Crippen LogP contribution in [0.1, 0.15) is 36.4 Å². The van der Waals surface area contributed by atoms with Gasteiger partial charge in [0, 0.05) is 19.0 Å². The Balaban J connectivity index is 2.53. The molecule has 1 heterocycles. The number of hydrogen-bond donors (Lipinski definition) is 3. The number of aromatic carboxylic acids is 1. The number of rotatable bonds is 8. The van der Waals surface area contributed by atoms with Crippen LogP contribution in [0.3, 0.4) is 0 Å². The highest BCUT2D eigenvalue weighted by Crippen LogP contribution is 2.21. The van der Waals surface area contributed by atoms with Crippen molar-refractivity contribution >= 4 is 33.2 Å². The lowest BCUT2D eigenvalue weighted by Gasteiger charge is -2.11. The molecule has 0 aliphatic heterocycles. The smallest absolute Gasteiger partial charge is 0.345 e. The second-order valence-electron chi connectivity index (χ2n) is 4.45. The number of thiophene rings is 1. The first-order valence-electron chi connectivity index (χ1n) is 6.38. The molecule has 0 aliphatic rings. The van der Waals surface area contributed by atoms with Crippen LogP contribution < -0.4 is 10.0 Å². The summed E-state index contributed by atoms with van der Waals surface area (Å²) in [6.07, 6.45) is 0.825. The van der Waals surface area contributed by atoms with E-state index in [1.807, 2.05) is 13.8 Å². The second kappa shape index (κ2) is 7.53. The van der Waals surface area contributed by atoms with Gasteiger partial charge in [0.2, 0.25) is 15.9 Å². The van der Waals surface area contributed by atoms with Gasteiger partial charge in [0.05, 0.1) is 0 Å². The first kappa shape index (κ1) is 17.6. The zero-order valence-electron chi connectivity index (χ0n) is 11.8. The van der Waals surface area contributed by atoms with Crippen LogP contribution >= 0.6 is 11.3 Å². The summed E-state index contributed by atoms with van der Waals surface area (Å²) in [5.74, 6) is -1.40. The lowest BCUT2D eigenvalue weighted by atomic mass is 10.2. The Bertz CT molecular complexity index is 609. The molecule has 1 aromatic heterocycles. The van der Waals surface area contributed by atoms with Crippen molar-refractivity contribution in [2.75, 3.05) is 6.54 Å². The predicted molar refractivity (Wildman–Crippen MR) is 79.0 cm³/mol. The summed E-state index contributed by atoms with van der Waals surface area (Å²) in [5, 5.41) is 11.5. The summed E-state index contributed by atoms with van der Waals surface area (Å²) in [4.78, 5) is 22.2. The van der Waals surface area contributed by atoms with E-state index >= 15 is 0 Å². The molecule has 0 saturated carbocycles. The van der Waals surface area contributed by atoms with E-state index in [1.54, 1.807) is 0 Å².